The van der Waals surface area contributed by atoms with Gasteiger partial charge in [-0.15, -0.1) is 0 Å². The molecule has 1 unspecified atom stereocenters. The number of aliphatic hydroxyl groups excluding tert-OH is 3. The summed E-state index contributed by atoms with van der Waals surface area (Å²) in [4.78, 5) is 22.4. The van der Waals surface area contributed by atoms with Crippen LogP contribution in [-0.2, 0) is 23.8 Å². The number of hydrogen-bond acceptors (Lipinski definition) is 10. The van der Waals surface area contributed by atoms with Crippen molar-refractivity contribution in [2.24, 2.45) is 0 Å². The number of aliphatic hydroxyl groups is 5. The lowest BCUT2D eigenvalue weighted by Gasteiger charge is -2.48. The average Bonchev–Trinajstić information content (AvgIpc) is 2.39. The van der Waals surface area contributed by atoms with Gasteiger partial charge in [-0.1, -0.05) is 0 Å². The van der Waals surface area contributed by atoms with Gasteiger partial charge in [0.05, 0.1) is 6.61 Å². The molecule has 0 aromatic rings. The Bertz CT molecular complexity index is 410. The second-order valence-corrected chi connectivity index (χ2v) is 4.18. The van der Waals surface area contributed by atoms with E-state index in [9.17, 15) is 30.0 Å². The number of hydrogen-bond donors (Lipinski definition) is 5. The van der Waals surface area contributed by atoms with E-state index < -0.39 is 55.0 Å². The summed E-state index contributed by atoms with van der Waals surface area (Å²) in [6, 6.07) is 0. The number of carbonyl (C=O) groups excluding carboxylic acids is 2. The average molecular weight is 280 g/mol. The van der Waals surface area contributed by atoms with Crippen molar-refractivity contribution in [3.05, 3.63) is 0 Å². The maximum atomic E-state index is 11.2. The summed E-state index contributed by atoms with van der Waals surface area (Å²) >= 11 is 0. The molecule has 2 saturated heterocycles. The molecule has 19 heavy (non-hydrogen) atoms. The third-order valence-corrected chi connectivity index (χ3v) is 2.86. The molecule has 2 aliphatic rings. The van der Waals surface area contributed by atoms with Crippen LogP contribution in [0.2, 0.25) is 0 Å². The van der Waals surface area contributed by atoms with Gasteiger partial charge in [0.25, 0.3) is 0 Å². The van der Waals surface area contributed by atoms with Crippen molar-refractivity contribution in [3.63, 3.8) is 0 Å². The lowest BCUT2D eigenvalue weighted by atomic mass is 9.94. The molecule has 5 atom stereocenters. The van der Waals surface area contributed by atoms with Crippen molar-refractivity contribution >= 4 is 11.9 Å². The van der Waals surface area contributed by atoms with Crippen LogP contribution in [0, 0.1) is 0 Å². The van der Waals surface area contributed by atoms with Crippen LogP contribution in [0.1, 0.15) is 6.42 Å². The molecule has 0 radical (unpaired) electrons. The van der Waals surface area contributed by atoms with Crippen LogP contribution in [0.4, 0.5) is 0 Å². The molecule has 5 N–H and O–H groups in total. The smallest absolute Gasteiger partial charge is 0.399 e. The maximum absolute atomic E-state index is 11.2. The highest BCUT2D eigenvalue weighted by atomic mass is 16.9. The zero-order chi connectivity index (χ0) is 14.4. The van der Waals surface area contributed by atoms with E-state index in [-0.39, 0.29) is 0 Å². The molecule has 108 valence electrons. The molecule has 0 spiro atoms. The summed E-state index contributed by atoms with van der Waals surface area (Å²) < 4.78 is 13.3. The summed E-state index contributed by atoms with van der Waals surface area (Å²) in [5, 5.41) is 48.1. The second kappa shape index (κ2) is 4.37. The molecule has 10 heteroatoms. The molecular formula is C9H12O10. The molecule has 2 heterocycles. The quantitative estimate of drug-likeness (QED) is 0.236. The predicted molar refractivity (Wildman–Crippen MR) is 50.7 cm³/mol. The summed E-state index contributed by atoms with van der Waals surface area (Å²) in [6.07, 6.45) is -6.65. The van der Waals surface area contributed by atoms with Gasteiger partial charge < -0.3 is 39.7 Å². The Morgan fingerprint density at radius 3 is 2.32 bits per heavy atom. The van der Waals surface area contributed by atoms with Crippen molar-refractivity contribution in [3.8, 4) is 0 Å². The Morgan fingerprint density at radius 1 is 1.16 bits per heavy atom. The van der Waals surface area contributed by atoms with Crippen molar-refractivity contribution in [1.29, 1.82) is 0 Å². The third kappa shape index (κ3) is 1.98. The molecule has 0 amide bonds. The molecule has 0 aromatic carbocycles. The molecule has 10 nitrogen and oxygen atoms in total. The molecule has 2 rings (SSSR count). The number of rotatable bonds is 1. The van der Waals surface area contributed by atoms with E-state index in [2.05, 4.69) is 14.2 Å². The Kier molecular flexibility index (Phi) is 3.24. The highest BCUT2D eigenvalue weighted by Gasteiger charge is 2.71. The molecule has 0 bridgehead atoms. The minimum absolute atomic E-state index is 0.859. The van der Waals surface area contributed by atoms with E-state index in [1.165, 1.54) is 0 Å². The highest BCUT2D eigenvalue weighted by molar-refractivity contribution is 5.92. The first-order chi connectivity index (χ1) is 8.73. The molecule has 0 aromatic heterocycles. The van der Waals surface area contributed by atoms with Crippen LogP contribution in [0.25, 0.3) is 0 Å². The maximum Gasteiger partial charge on any atom is 0.399 e. The van der Waals surface area contributed by atoms with Crippen LogP contribution in [-0.4, -0.2) is 74.2 Å². The van der Waals surface area contributed by atoms with Crippen LogP contribution in [0.15, 0.2) is 0 Å². The highest BCUT2D eigenvalue weighted by Crippen LogP contribution is 2.40. The topological polar surface area (TPSA) is 163 Å². The molecule has 0 aliphatic carbocycles. The molecular weight excluding hydrogens is 268 g/mol. The number of fused-ring (bicyclic) bond motifs is 1. The molecule has 2 fully saturated rings. The van der Waals surface area contributed by atoms with Gasteiger partial charge in [0.2, 0.25) is 0 Å². The first-order valence-corrected chi connectivity index (χ1v) is 5.27. The molecule has 2 aliphatic heterocycles. The van der Waals surface area contributed by atoms with Crippen molar-refractivity contribution in [2.45, 2.75) is 36.5 Å². The van der Waals surface area contributed by atoms with E-state index in [1.807, 2.05) is 0 Å². The lowest BCUT2D eigenvalue weighted by molar-refractivity contribution is -0.508. The Labute approximate surface area is 105 Å². The van der Waals surface area contributed by atoms with Gasteiger partial charge in [0, 0.05) is 0 Å². The standard InChI is InChI=1S/C9H12O10/c10-2-3-6(13)7(14)8(15)9(16,17-3)19-5(12)1-4(11)18-8/h3,6-7,10,13-16H,1-2H2/t3-,6-,7+,8-,9?/m1/s1. The normalized spacial score (nSPS) is 46.9. The van der Waals surface area contributed by atoms with Crippen molar-refractivity contribution < 1.29 is 49.3 Å². The first-order valence-electron chi connectivity index (χ1n) is 5.27. The van der Waals surface area contributed by atoms with E-state index in [0.717, 1.165) is 0 Å². The zero-order valence-electron chi connectivity index (χ0n) is 9.42. The van der Waals surface area contributed by atoms with Crippen LogP contribution in [0.5, 0.6) is 0 Å². The fraction of sp³-hybridized carbons (Fsp3) is 0.778. The number of ether oxygens (including phenoxy) is 3. The third-order valence-electron chi connectivity index (χ3n) is 2.86. The fourth-order valence-corrected chi connectivity index (χ4v) is 1.87. The largest absolute Gasteiger partial charge is 0.420 e. The van der Waals surface area contributed by atoms with E-state index in [4.69, 9.17) is 5.11 Å². The van der Waals surface area contributed by atoms with Gasteiger partial charge in [0.15, 0.2) is 6.10 Å². The van der Waals surface area contributed by atoms with Gasteiger partial charge in [-0.05, 0) is 0 Å². The van der Waals surface area contributed by atoms with Crippen LogP contribution >= 0.6 is 0 Å². The van der Waals surface area contributed by atoms with Gasteiger partial charge in [-0.3, -0.25) is 9.59 Å². The summed E-state index contributed by atoms with van der Waals surface area (Å²) in [6.45, 7) is -0.859. The Balaban J connectivity index is 2.45. The van der Waals surface area contributed by atoms with Crippen molar-refractivity contribution in [1.82, 2.24) is 0 Å². The van der Waals surface area contributed by atoms with Crippen LogP contribution < -0.4 is 0 Å². The van der Waals surface area contributed by atoms with Gasteiger partial charge in [-0.2, -0.15) is 0 Å². The van der Waals surface area contributed by atoms with Crippen LogP contribution in [0.3, 0.4) is 0 Å². The Morgan fingerprint density at radius 2 is 1.74 bits per heavy atom. The second-order valence-electron chi connectivity index (χ2n) is 4.18. The fourth-order valence-electron chi connectivity index (χ4n) is 1.87. The Hall–Kier alpha value is -1.30. The molecule has 0 saturated carbocycles. The number of esters is 2. The van der Waals surface area contributed by atoms with Gasteiger partial charge >= 0.3 is 23.7 Å². The summed E-state index contributed by atoms with van der Waals surface area (Å²) in [5.41, 5.74) is 0. The first kappa shape index (κ1) is 14.1. The minimum Gasteiger partial charge on any atom is -0.420 e. The van der Waals surface area contributed by atoms with Crippen molar-refractivity contribution in [2.75, 3.05) is 6.61 Å². The minimum atomic E-state index is -3.23. The summed E-state index contributed by atoms with van der Waals surface area (Å²) in [7, 11) is 0. The number of carbonyl (C=O) groups is 2. The SMILES string of the molecule is O=C1CC(=O)O[C@]2(O)[C@@H](O)[C@H](O)[C@@H](CO)OC2(O)O1. The van der Waals surface area contributed by atoms with E-state index in [0.29, 0.717) is 0 Å². The van der Waals surface area contributed by atoms with Gasteiger partial charge in [-0.25, -0.2) is 0 Å². The summed E-state index contributed by atoms with van der Waals surface area (Å²) in [5.74, 6) is -9.01. The predicted octanol–water partition coefficient (Wildman–Crippen LogP) is -4.08. The zero-order valence-corrected chi connectivity index (χ0v) is 9.42. The van der Waals surface area contributed by atoms with Gasteiger partial charge in [0.1, 0.15) is 18.6 Å². The lowest BCUT2D eigenvalue weighted by Crippen LogP contribution is -2.74. The van der Waals surface area contributed by atoms with E-state index >= 15 is 0 Å². The monoisotopic (exact) mass is 280 g/mol. The van der Waals surface area contributed by atoms with E-state index in [1.54, 1.807) is 0 Å².